The first-order valence-corrected chi connectivity index (χ1v) is 19.4. The van der Waals surface area contributed by atoms with Crippen LogP contribution in [-0.4, -0.2) is 54.0 Å². The topological polar surface area (TPSA) is 113 Å². The summed E-state index contributed by atoms with van der Waals surface area (Å²) < 4.78 is 31.6. The lowest BCUT2D eigenvalue weighted by atomic mass is 9.91. The molecule has 0 fully saturated rings. The molecule has 2 N–H and O–H groups in total. The van der Waals surface area contributed by atoms with E-state index in [9.17, 15) is 14.7 Å². The van der Waals surface area contributed by atoms with Crippen molar-refractivity contribution in [3.8, 4) is 0 Å². The lowest BCUT2D eigenvalue weighted by Gasteiger charge is -2.38. The molecule has 6 aromatic rings. The lowest BCUT2D eigenvalue weighted by molar-refractivity contribution is -0.182. The number of benzene rings is 6. The molecule has 0 saturated heterocycles. The van der Waals surface area contributed by atoms with E-state index in [4.69, 9.17) is 23.7 Å². The smallest absolute Gasteiger partial charge is 0.408 e. The second kappa shape index (κ2) is 22.7. The summed E-state index contributed by atoms with van der Waals surface area (Å²) in [5.74, 6) is -0.460. The Balaban J connectivity index is 1.37. The maximum Gasteiger partial charge on any atom is 0.408 e. The number of Topliss-reactive ketones (excluding diaryl/α,β-unsaturated/α-hetero) is 1. The molecule has 0 radical (unpaired) electrons. The van der Waals surface area contributed by atoms with Crippen molar-refractivity contribution in [3.05, 3.63) is 215 Å². The number of hydrogen-bond donors (Lipinski definition) is 2. The molecule has 0 aliphatic heterocycles. The van der Waals surface area contributed by atoms with Crippen LogP contribution in [0.4, 0.5) is 4.79 Å². The third-order valence-electron chi connectivity index (χ3n) is 9.47. The van der Waals surface area contributed by atoms with Crippen LogP contribution in [0, 0.1) is 0 Å². The molecule has 0 spiro atoms. The largest absolute Gasteiger partial charge is 0.445 e. The highest BCUT2D eigenvalue weighted by atomic mass is 16.6. The van der Waals surface area contributed by atoms with Gasteiger partial charge in [0.05, 0.1) is 33.0 Å². The van der Waals surface area contributed by atoms with E-state index in [1.165, 1.54) is 0 Å². The number of aliphatic hydroxyl groups is 1. The van der Waals surface area contributed by atoms with Gasteiger partial charge in [0, 0.05) is 5.56 Å². The Morgan fingerprint density at radius 2 is 0.845 bits per heavy atom. The average molecular weight is 780 g/mol. The van der Waals surface area contributed by atoms with Gasteiger partial charge in [0.15, 0.2) is 5.78 Å². The summed E-state index contributed by atoms with van der Waals surface area (Å²) in [6.45, 7) is 0.459. The Morgan fingerprint density at radius 1 is 0.466 bits per heavy atom. The number of alkyl carbamates (subject to hydrolysis) is 1. The molecule has 9 nitrogen and oxygen atoms in total. The molecule has 58 heavy (non-hydrogen) atoms. The standard InChI is InChI=1S/C49H49NO8/c51-45(42-29-17-6-18-30-42)44(50-49(53)58-35-41-27-15-5-16-28-41)47(56-33-39-23-11-3-12-24-39)48(57-34-40-25-13-4-14-26-40)46(52)43(55-32-38-21-9-2-10-22-38)36-54-31-37-19-7-1-8-20-37/h1-30,43-44,46-48,52H,31-36H2,(H,50,53)/t43-,44-,46-,47+,48+/m1/s1. The van der Waals surface area contributed by atoms with E-state index in [2.05, 4.69) is 5.32 Å². The first kappa shape index (κ1) is 41.7. The fraction of sp³-hybridized carbons (Fsp3) is 0.224. The summed E-state index contributed by atoms with van der Waals surface area (Å²) in [7, 11) is 0. The minimum atomic E-state index is -1.43. The Hall–Kier alpha value is -5.94. The van der Waals surface area contributed by atoms with Crippen LogP contribution in [0.1, 0.15) is 38.2 Å². The Bertz CT molecular complexity index is 2060. The maximum atomic E-state index is 14.7. The van der Waals surface area contributed by atoms with Crippen molar-refractivity contribution in [1.82, 2.24) is 5.32 Å². The van der Waals surface area contributed by atoms with Gasteiger partial charge >= 0.3 is 6.09 Å². The van der Waals surface area contributed by atoms with E-state index in [0.29, 0.717) is 5.56 Å². The van der Waals surface area contributed by atoms with Gasteiger partial charge in [-0.3, -0.25) is 4.79 Å². The molecule has 9 heteroatoms. The zero-order valence-electron chi connectivity index (χ0n) is 32.3. The highest BCUT2D eigenvalue weighted by molar-refractivity contribution is 6.02. The van der Waals surface area contributed by atoms with Gasteiger partial charge in [-0.1, -0.05) is 182 Å². The van der Waals surface area contributed by atoms with Crippen molar-refractivity contribution >= 4 is 11.9 Å². The molecule has 6 aromatic carbocycles. The van der Waals surface area contributed by atoms with Crippen LogP contribution in [-0.2, 0) is 56.7 Å². The number of ether oxygens (including phenoxy) is 5. The lowest BCUT2D eigenvalue weighted by Crippen LogP contribution is -2.59. The number of aliphatic hydroxyl groups excluding tert-OH is 1. The molecule has 0 heterocycles. The van der Waals surface area contributed by atoms with Crippen molar-refractivity contribution in [1.29, 1.82) is 0 Å². The van der Waals surface area contributed by atoms with Gasteiger partial charge in [-0.25, -0.2) is 4.79 Å². The number of ketones is 1. The predicted molar refractivity (Wildman–Crippen MR) is 221 cm³/mol. The summed E-state index contributed by atoms with van der Waals surface area (Å²) in [5, 5.41) is 15.4. The van der Waals surface area contributed by atoms with Crippen LogP contribution in [0.5, 0.6) is 0 Å². The van der Waals surface area contributed by atoms with E-state index < -0.39 is 42.3 Å². The summed E-state index contributed by atoms with van der Waals surface area (Å²) in [6.07, 6.45) is -5.77. The second-order valence-electron chi connectivity index (χ2n) is 13.8. The Morgan fingerprint density at radius 3 is 1.31 bits per heavy atom. The maximum absolute atomic E-state index is 14.7. The van der Waals surface area contributed by atoms with Crippen molar-refractivity contribution in [2.24, 2.45) is 0 Å². The predicted octanol–water partition coefficient (Wildman–Crippen LogP) is 8.50. The van der Waals surface area contributed by atoms with Gasteiger partial charge in [0.2, 0.25) is 0 Å². The third kappa shape index (κ3) is 13.1. The van der Waals surface area contributed by atoms with Crippen LogP contribution >= 0.6 is 0 Å². The monoisotopic (exact) mass is 779 g/mol. The number of rotatable bonds is 22. The van der Waals surface area contributed by atoms with Crippen molar-refractivity contribution in [2.75, 3.05) is 6.61 Å². The minimum Gasteiger partial charge on any atom is -0.445 e. The molecule has 0 bridgehead atoms. The number of carbonyl (C=O) groups is 2. The minimum absolute atomic E-state index is 0.0245. The van der Waals surface area contributed by atoms with E-state index in [-0.39, 0.29) is 39.6 Å². The molecule has 5 atom stereocenters. The van der Waals surface area contributed by atoms with Gasteiger partial charge in [-0.05, 0) is 27.8 Å². The highest BCUT2D eigenvalue weighted by Crippen LogP contribution is 2.25. The fourth-order valence-corrected chi connectivity index (χ4v) is 6.37. The summed E-state index contributed by atoms with van der Waals surface area (Å²) in [6, 6.07) is 54.8. The highest BCUT2D eigenvalue weighted by Gasteiger charge is 2.44. The molecular weight excluding hydrogens is 731 g/mol. The first-order chi connectivity index (χ1) is 28.5. The second-order valence-corrected chi connectivity index (χ2v) is 13.8. The van der Waals surface area contributed by atoms with E-state index in [1.54, 1.807) is 30.3 Å². The van der Waals surface area contributed by atoms with Crippen LogP contribution in [0.25, 0.3) is 0 Å². The SMILES string of the molecule is O=C(N[C@H](C(=O)c1ccccc1)[C@H](OCc1ccccc1)[C@@H](OCc1ccccc1)[C@H](O)[C@@H](COCc1ccccc1)OCc1ccccc1)OCc1ccccc1. The molecule has 0 aliphatic carbocycles. The van der Waals surface area contributed by atoms with Crippen LogP contribution in [0.2, 0.25) is 0 Å². The van der Waals surface area contributed by atoms with E-state index in [0.717, 1.165) is 27.8 Å². The zero-order valence-corrected chi connectivity index (χ0v) is 32.3. The van der Waals surface area contributed by atoms with E-state index in [1.807, 2.05) is 152 Å². The number of nitrogens with one attached hydrogen (secondary N) is 1. The molecule has 1 amide bonds. The number of amides is 1. The van der Waals surface area contributed by atoms with Gasteiger partial charge in [-0.2, -0.15) is 0 Å². The quantitative estimate of drug-likeness (QED) is 0.0661. The van der Waals surface area contributed by atoms with Gasteiger partial charge in [0.1, 0.15) is 37.1 Å². The van der Waals surface area contributed by atoms with Crippen molar-refractivity contribution in [2.45, 2.75) is 63.5 Å². The molecular formula is C49H49NO8. The van der Waals surface area contributed by atoms with Crippen LogP contribution in [0.3, 0.4) is 0 Å². The number of carbonyl (C=O) groups excluding carboxylic acids is 2. The van der Waals surface area contributed by atoms with Crippen LogP contribution < -0.4 is 5.32 Å². The summed E-state index contributed by atoms with van der Waals surface area (Å²) >= 11 is 0. The van der Waals surface area contributed by atoms with Gasteiger partial charge < -0.3 is 34.1 Å². The summed E-state index contributed by atoms with van der Waals surface area (Å²) in [5.41, 5.74) is 4.57. The van der Waals surface area contributed by atoms with E-state index >= 15 is 0 Å². The van der Waals surface area contributed by atoms with Crippen LogP contribution in [0.15, 0.2) is 182 Å². The normalized spacial score (nSPS) is 13.7. The molecule has 0 saturated carbocycles. The fourth-order valence-electron chi connectivity index (χ4n) is 6.37. The molecule has 298 valence electrons. The first-order valence-electron chi connectivity index (χ1n) is 19.4. The molecule has 6 rings (SSSR count). The third-order valence-corrected chi connectivity index (χ3v) is 9.47. The zero-order chi connectivity index (χ0) is 40.2. The Labute approximate surface area is 340 Å². The number of hydrogen-bond acceptors (Lipinski definition) is 8. The Kier molecular flexibility index (Phi) is 16.3. The molecule has 0 aromatic heterocycles. The summed E-state index contributed by atoms with van der Waals surface area (Å²) in [4.78, 5) is 28.4. The van der Waals surface area contributed by atoms with Gasteiger partial charge in [-0.15, -0.1) is 0 Å². The van der Waals surface area contributed by atoms with Crippen molar-refractivity contribution < 1.29 is 38.4 Å². The molecule has 0 aliphatic rings. The van der Waals surface area contributed by atoms with Crippen molar-refractivity contribution in [3.63, 3.8) is 0 Å². The average Bonchev–Trinajstić information content (AvgIpc) is 3.29. The van der Waals surface area contributed by atoms with Gasteiger partial charge in [0.25, 0.3) is 0 Å². The molecule has 0 unspecified atom stereocenters.